The highest BCUT2D eigenvalue weighted by atomic mass is 127. The van der Waals surface area contributed by atoms with E-state index >= 15 is 0 Å². The molecule has 0 aliphatic carbocycles. The van der Waals surface area contributed by atoms with Crippen LogP contribution in [0.4, 0.5) is 0 Å². The second-order valence-electron chi connectivity index (χ2n) is 3.06. The summed E-state index contributed by atoms with van der Waals surface area (Å²) in [5.74, 6) is 0.768. The van der Waals surface area contributed by atoms with Crippen molar-refractivity contribution >= 4 is 38.5 Å². The van der Waals surface area contributed by atoms with Gasteiger partial charge in [0.15, 0.2) is 5.82 Å². The van der Waals surface area contributed by atoms with Gasteiger partial charge in [-0.2, -0.15) is 0 Å². The Morgan fingerprint density at radius 1 is 1.20 bits per heavy atom. The smallest absolute Gasteiger partial charge is 0.159 e. The standard InChI is InChI=1S/C11H8BrIN2/c12-10-6-14-11(15-7-10)9-3-1-2-8(4-9)5-13/h1-4,6-7H,5H2. The van der Waals surface area contributed by atoms with Crippen LogP contribution in [0.5, 0.6) is 0 Å². The average Bonchev–Trinajstić information content (AvgIpc) is 2.30. The van der Waals surface area contributed by atoms with Gasteiger partial charge >= 0.3 is 0 Å². The molecule has 0 saturated heterocycles. The highest BCUT2D eigenvalue weighted by molar-refractivity contribution is 14.1. The van der Waals surface area contributed by atoms with Gasteiger partial charge in [0.05, 0.1) is 4.47 Å². The molecule has 0 aliphatic heterocycles. The Hall–Kier alpha value is -0.490. The van der Waals surface area contributed by atoms with E-state index < -0.39 is 0 Å². The van der Waals surface area contributed by atoms with Gasteiger partial charge in [0.2, 0.25) is 0 Å². The third-order valence-electron chi connectivity index (χ3n) is 1.96. The Morgan fingerprint density at radius 3 is 2.60 bits per heavy atom. The van der Waals surface area contributed by atoms with Gasteiger partial charge < -0.3 is 0 Å². The summed E-state index contributed by atoms with van der Waals surface area (Å²) in [6.45, 7) is 0. The zero-order valence-electron chi connectivity index (χ0n) is 7.82. The van der Waals surface area contributed by atoms with Gasteiger partial charge in [-0.15, -0.1) is 0 Å². The topological polar surface area (TPSA) is 25.8 Å². The third kappa shape index (κ3) is 2.75. The summed E-state index contributed by atoms with van der Waals surface area (Å²) >= 11 is 5.67. The van der Waals surface area contributed by atoms with Crippen LogP contribution < -0.4 is 0 Å². The van der Waals surface area contributed by atoms with Gasteiger partial charge in [-0.05, 0) is 27.6 Å². The Balaban J connectivity index is 2.40. The summed E-state index contributed by atoms with van der Waals surface area (Å²) in [5, 5.41) is 0. The number of aromatic nitrogens is 2. The summed E-state index contributed by atoms with van der Waals surface area (Å²) in [6, 6.07) is 8.29. The molecule has 0 N–H and O–H groups in total. The van der Waals surface area contributed by atoms with Crippen molar-refractivity contribution in [2.75, 3.05) is 0 Å². The van der Waals surface area contributed by atoms with Crippen LogP contribution >= 0.6 is 38.5 Å². The van der Waals surface area contributed by atoms with Gasteiger partial charge in [0.25, 0.3) is 0 Å². The predicted octanol–water partition coefficient (Wildman–Crippen LogP) is 3.84. The number of alkyl halides is 1. The lowest BCUT2D eigenvalue weighted by molar-refractivity contribution is 1.16. The summed E-state index contributed by atoms with van der Waals surface area (Å²) < 4.78 is 1.90. The van der Waals surface area contributed by atoms with Crippen molar-refractivity contribution in [3.63, 3.8) is 0 Å². The van der Waals surface area contributed by atoms with Crippen LogP contribution in [-0.4, -0.2) is 9.97 Å². The summed E-state index contributed by atoms with van der Waals surface area (Å²) in [7, 11) is 0. The molecule has 15 heavy (non-hydrogen) atoms. The molecule has 2 rings (SSSR count). The lowest BCUT2D eigenvalue weighted by Gasteiger charge is -2.01. The normalized spacial score (nSPS) is 10.3. The number of rotatable bonds is 2. The van der Waals surface area contributed by atoms with Crippen LogP contribution in [0.15, 0.2) is 41.1 Å². The van der Waals surface area contributed by atoms with Crippen molar-refractivity contribution < 1.29 is 0 Å². The molecule has 2 nitrogen and oxygen atoms in total. The first-order valence-corrected chi connectivity index (χ1v) is 6.74. The van der Waals surface area contributed by atoms with E-state index in [0.29, 0.717) is 0 Å². The largest absolute Gasteiger partial charge is 0.235 e. The maximum absolute atomic E-state index is 4.26. The van der Waals surface area contributed by atoms with Crippen LogP contribution in [0.25, 0.3) is 11.4 Å². The molecule has 0 aliphatic rings. The van der Waals surface area contributed by atoms with E-state index in [0.717, 1.165) is 20.3 Å². The van der Waals surface area contributed by atoms with Crippen LogP contribution in [0.3, 0.4) is 0 Å². The van der Waals surface area contributed by atoms with E-state index in [1.165, 1.54) is 5.56 Å². The average molecular weight is 375 g/mol. The molecular formula is C11H8BrIN2. The number of benzene rings is 1. The van der Waals surface area contributed by atoms with E-state index in [9.17, 15) is 0 Å². The number of hydrogen-bond donors (Lipinski definition) is 0. The van der Waals surface area contributed by atoms with Gasteiger partial charge in [0, 0.05) is 22.4 Å². The van der Waals surface area contributed by atoms with Crippen LogP contribution in [-0.2, 0) is 4.43 Å². The summed E-state index contributed by atoms with van der Waals surface area (Å²) in [4.78, 5) is 8.53. The first-order valence-electron chi connectivity index (χ1n) is 4.42. The van der Waals surface area contributed by atoms with E-state index in [1.807, 2.05) is 12.1 Å². The van der Waals surface area contributed by atoms with Crippen molar-refractivity contribution in [3.8, 4) is 11.4 Å². The van der Waals surface area contributed by atoms with Crippen molar-refractivity contribution in [2.24, 2.45) is 0 Å². The van der Waals surface area contributed by atoms with Gasteiger partial charge in [-0.1, -0.05) is 40.8 Å². The van der Waals surface area contributed by atoms with Crippen molar-refractivity contribution in [1.82, 2.24) is 9.97 Å². The number of hydrogen-bond acceptors (Lipinski definition) is 2. The van der Waals surface area contributed by atoms with Crippen LogP contribution in [0.1, 0.15) is 5.56 Å². The van der Waals surface area contributed by atoms with E-state index in [1.54, 1.807) is 12.4 Å². The molecule has 1 heterocycles. The Labute approximate surface area is 110 Å². The monoisotopic (exact) mass is 374 g/mol. The quantitative estimate of drug-likeness (QED) is 0.589. The molecule has 2 aromatic rings. The Bertz CT molecular complexity index is 456. The number of nitrogens with zero attached hydrogens (tertiary/aromatic N) is 2. The SMILES string of the molecule is Brc1cnc(-c2cccc(CI)c2)nc1. The van der Waals surface area contributed by atoms with Gasteiger partial charge in [-0.3, -0.25) is 0 Å². The first-order chi connectivity index (χ1) is 7.29. The van der Waals surface area contributed by atoms with E-state index in [2.05, 4.69) is 60.6 Å². The molecule has 76 valence electrons. The molecule has 0 spiro atoms. The summed E-state index contributed by atoms with van der Waals surface area (Å²) in [6.07, 6.45) is 3.53. The minimum Gasteiger partial charge on any atom is -0.235 e. The zero-order valence-corrected chi connectivity index (χ0v) is 11.6. The molecule has 0 unspecified atom stereocenters. The first kappa shape index (κ1) is 11.0. The summed E-state index contributed by atoms with van der Waals surface area (Å²) in [5.41, 5.74) is 2.36. The second-order valence-corrected chi connectivity index (χ2v) is 4.74. The lowest BCUT2D eigenvalue weighted by Crippen LogP contribution is -1.88. The van der Waals surface area contributed by atoms with Crippen molar-refractivity contribution in [1.29, 1.82) is 0 Å². The maximum atomic E-state index is 4.26. The van der Waals surface area contributed by atoms with Gasteiger partial charge in [-0.25, -0.2) is 9.97 Å². The van der Waals surface area contributed by atoms with Gasteiger partial charge in [0.1, 0.15) is 0 Å². The number of halogens is 2. The van der Waals surface area contributed by atoms with E-state index in [-0.39, 0.29) is 0 Å². The maximum Gasteiger partial charge on any atom is 0.159 e. The Kier molecular flexibility index (Phi) is 3.69. The molecule has 1 aromatic carbocycles. The van der Waals surface area contributed by atoms with Crippen molar-refractivity contribution in [3.05, 3.63) is 46.7 Å². The molecule has 0 saturated carbocycles. The lowest BCUT2D eigenvalue weighted by atomic mass is 10.1. The second kappa shape index (κ2) is 5.03. The fourth-order valence-corrected chi connectivity index (χ4v) is 1.93. The molecular weight excluding hydrogens is 367 g/mol. The predicted molar refractivity (Wildman–Crippen MR) is 72.9 cm³/mol. The molecule has 0 radical (unpaired) electrons. The van der Waals surface area contributed by atoms with Crippen LogP contribution in [0, 0.1) is 0 Å². The Morgan fingerprint density at radius 2 is 1.93 bits per heavy atom. The minimum absolute atomic E-state index is 0.768. The molecule has 0 bridgehead atoms. The fraction of sp³-hybridized carbons (Fsp3) is 0.0909. The van der Waals surface area contributed by atoms with E-state index in [4.69, 9.17) is 0 Å². The molecule has 0 atom stereocenters. The highest BCUT2D eigenvalue weighted by Gasteiger charge is 2.01. The van der Waals surface area contributed by atoms with Crippen molar-refractivity contribution in [2.45, 2.75) is 4.43 Å². The molecule has 0 amide bonds. The fourth-order valence-electron chi connectivity index (χ4n) is 1.25. The highest BCUT2D eigenvalue weighted by Crippen LogP contribution is 2.18. The zero-order chi connectivity index (χ0) is 10.7. The van der Waals surface area contributed by atoms with Crippen LogP contribution in [0.2, 0.25) is 0 Å². The third-order valence-corrected chi connectivity index (χ3v) is 3.25. The molecule has 4 heteroatoms. The molecule has 0 fully saturated rings. The molecule has 1 aromatic heterocycles. The minimum atomic E-state index is 0.768.